The van der Waals surface area contributed by atoms with Crippen molar-refractivity contribution in [2.24, 2.45) is 5.11 Å². The number of rotatable bonds is 3. The zero-order chi connectivity index (χ0) is 15.4. The number of hydrogen-bond acceptors (Lipinski definition) is 2. The molecule has 0 amide bonds. The molecule has 0 spiro atoms. The fourth-order valence-corrected chi connectivity index (χ4v) is 2.31. The van der Waals surface area contributed by atoms with E-state index in [1.165, 1.54) is 0 Å². The molecule has 0 fully saturated rings. The second-order valence-corrected chi connectivity index (χ2v) is 4.89. The van der Waals surface area contributed by atoms with Crippen molar-refractivity contribution in [1.29, 1.82) is 5.41 Å². The lowest BCUT2D eigenvalue weighted by molar-refractivity contribution is 1.47. The molecule has 0 radical (unpaired) electrons. The molecule has 0 bridgehead atoms. The van der Waals surface area contributed by atoms with Crippen LogP contribution >= 0.6 is 0 Å². The number of benzene rings is 2. The Morgan fingerprint density at radius 1 is 0.955 bits per heavy atom. The van der Waals surface area contributed by atoms with Crippen LogP contribution in [0.25, 0.3) is 27.1 Å². The molecule has 4 nitrogen and oxygen atoms in total. The van der Waals surface area contributed by atoms with Crippen LogP contribution < -0.4 is 0 Å². The van der Waals surface area contributed by atoms with Gasteiger partial charge in [-0.25, -0.2) is 0 Å². The van der Waals surface area contributed by atoms with Crippen LogP contribution in [-0.4, -0.2) is 5.71 Å². The van der Waals surface area contributed by atoms with E-state index in [1.54, 1.807) is 24.6 Å². The van der Waals surface area contributed by atoms with Crippen LogP contribution in [0.2, 0.25) is 0 Å². The summed E-state index contributed by atoms with van der Waals surface area (Å²) in [6.07, 6.45) is 7.48. The molecule has 1 aliphatic rings. The molecule has 0 saturated carbocycles. The Balaban J connectivity index is 1.92. The summed E-state index contributed by atoms with van der Waals surface area (Å²) in [7, 11) is 0. The molecule has 1 aliphatic carbocycles. The summed E-state index contributed by atoms with van der Waals surface area (Å²) < 4.78 is 0. The quantitative estimate of drug-likeness (QED) is 0.336. The minimum Gasteiger partial charge on any atom is -0.275 e. The molecule has 0 aliphatic heterocycles. The molecular formula is C18H13N4+. The minimum atomic E-state index is 0.508. The van der Waals surface area contributed by atoms with E-state index in [2.05, 4.69) is 22.2 Å². The summed E-state index contributed by atoms with van der Waals surface area (Å²) in [5.41, 5.74) is 13.9. The van der Waals surface area contributed by atoms with Gasteiger partial charge in [0.1, 0.15) is 0 Å². The van der Waals surface area contributed by atoms with Crippen LogP contribution in [-0.2, 0) is 0 Å². The molecule has 2 aromatic carbocycles. The molecule has 0 atom stereocenters. The smallest absolute Gasteiger partial charge is 0.165 e. The van der Waals surface area contributed by atoms with Crippen molar-refractivity contribution in [3.05, 3.63) is 89.2 Å². The van der Waals surface area contributed by atoms with Gasteiger partial charge in [-0.1, -0.05) is 41.5 Å². The van der Waals surface area contributed by atoms with Crippen molar-refractivity contribution in [2.75, 3.05) is 0 Å². The molecule has 0 heterocycles. The predicted molar refractivity (Wildman–Crippen MR) is 89.8 cm³/mol. The highest BCUT2D eigenvalue weighted by Gasteiger charge is 2.12. The average molecular weight is 285 g/mol. The number of azide groups is 1. The molecule has 22 heavy (non-hydrogen) atoms. The van der Waals surface area contributed by atoms with Crippen LogP contribution in [0.15, 0.2) is 71.9 Å². The normalized spacial score (nSPS) is 13.1. The third-order valence-corrected chi connectivity index (χ3v) is 3.44. The second-order valence-electron chi connectivity index (χ2n) is 4.89. The Morgan fingerprint density at radius 2 is 1.73 bits per heavy atom. The number of nitrogens with zero attached hydrogens (tertiary/aromatic N) is 3. The molecule has 104 valence electrons. The van der Waals surface area contributed by atoms with E-state index < -0.39 is 0 Å². The van der Waals surface area contributed by atoms with E-state index in [4.69, 9.17) is 10.9 Å². The molecule has 0 unspecified atom stereocenters. The molecule has 4 heteroatoms. The van der Waals surface area contributed by atoms with Crippen molar-refractivity contribution < 1.29 is 0 Å². The zero-order valence-corrected chi connectivity index (χ0v) is 11.8. The second kappa shape index (κ2) is 6.04. The molecular weight excluding hydrogens is 272 g/mol. The summed E-state index contributed by atoms with van der Waals surface area (Å²) in [5.74, 6) is 0. The molecule has 0 aromatic heterocycles. The molecule has 0 saturated heterocycles. The zero-order valence-electron chi connectivity index (χ0n) is 11.8. The predicted octanol–water partition coefficient (Wildman–Crippen LogP) is 5.47. The van der Waals surface area contributed by atoms with E-state index in [9.17, 15) is 0 Å². The van der Waals surface area contributed by atoms with Gasteiger partial charge >= 0.3 is 0 Å². The van der Waals surface area contributed by atoms with Gasteiger partial charge in [0.2, 0.25) is 0 Å². The van der Waals surface area contributed by atoms with Gasteiger partial charge < -0.3 is 0 Å². The van der Waals surface area contributed by atoms with E-state index >= 15 is 0 Å². The summed E-state index contributed by atoms with van der Waals surface area (Å²) in [6.45, 7) is 0. The third-order valence-electron chi connectivity index (χ3n) is 3.44. The third kappa shape index (κ3) is 2.92. The summed E-state index contributed by atoms with van der Waals surface area (Å²) in [6, 6.07) is 15.7. The first-order valence-corrected chi connectivity index (χ1v) is 6.84. The lowest BCUT2D eigenvalue weighted by Gasteiger charge is -2.05. The lowest BCUT2D eigenvalue weighted by Crippen LogP contribution is -1.96. The van der Waals surface area contributed by atoms with E-state index in [-0.39, 0.29) is 0 Å². The Labute approximate surface area is 128 Å². The summed E-state index contributed by atoms with van der Waals surface area (Å²) in [4.78, 5) is 2.78. The highest BCUT2D eigenvalue weighted by Crippen LogP contribution is 2.27. The van der Waals surface area contributed by atoms with E-state index in [0.29, 0.717) is 11.4 Å². The Hall–Kier alpha value is -3.23. The topological polar surface area (TPSA) is 72.6 Å². The molecule has 1 N–H and O–H groups in total. The van der Waals surface area contributed by atoms with Gasteiger partial charge in [-0.2, -0.15) is 0 Å². The first-order chi connectivity index (χ1) is 10.8. The maximum absolute atomic E-state index is 8.43. The maximum atomic E-state index is 8.43. The highest BCUT2D eigenvalue weighted by molar-refractivity contribution is 6.06. The van der Waals surface area contributed by atoms with Crippen molar-refractivity contribution in [1.82, 2.24) is 0 Å². The van der Waals surface area contributed by atoms with Crippen molar-refractivity contribution in [3.8, 4) is 11.1 Å². The van der Waals surface area contributed by atoms with Gasteiger partial charge in [-0.05, 0) is 28.8 Å². The molecule has 3 rings (SSSR count). The van der Waals surface area contributed by atoms with Crippen LogP contribution in [0.4, 0.5) is 5.69 Å². The fraction of sp³-hybridized carbons (Fsp3) is 0. The number of hydrogen-bond donors (Lipinski definition) is 1. The summed E-state index contributed by atoms with van der Waals surface area (Å²) in [5, 5.41) is 11.1. The lowest BCUT2D eigenvalue weighted by atomic mass is 9.95. The monoisotopic (exact) mass is 285 g/mol. The number of nitrogens with one attached hydrogen (secondary N) is 1. The summed E-state index contributed by atoms with van der Waals surface area (Å²) >= 11 is 0. The van der Waals surface area contributed by atoms with Crippen LogP contribution in [0.1, 0.15) is 5.56 Å². The maximum Gasteiger partial charge on any atom is 0.165 e. The first kappa shape index (κ1) is 13.7. The van der Waals surface area contributed by atoms with Gasteiger partial charge in [-0.15, -0.1) is 0 Å². The van der Waals surface area contributed by atoms with Gasteiger partial charge in [0.25, 0.3) is 0 Å². The standard InChI is InChI=1S/C18H13N4/c19-17-8-4-13(5-9-17)15-2-1-3-16(12-15)14-6-10-18(11-7-14)21-22-20/h1-12,19H/q+1. The van der Waals surface area contributed by atoms with Crippen molar-refractivity contribution in [3.63, 3.8) is 0 Å². The van der Waals surface area contributed by atoms with E-state index in [0.717, 1.165) is 22.3 Å². The minimum absolute atomic E-state index is 0.508. The average Bonchev–Trinajstić information content (AvgIpc) is 2.57. The SMILES string of the molecule is [N-]=[N+]=Nc1ccc(-c2cccc(C3=C[CH+]C(=N)C=C3)c2)cc1. The highest BCUT2D eigenvalue weighted by atomic mass is 15.1. The fourth-order valence-electron chi connectivity index (χ4n) is 2.31. The van der Waals surface area contributed by atoms with Crippen LogP contribution in [0.5, 0.6) is 0 Å². The van der Waals surface area contributed by atoms with Gasteiger partial charge in [0.05, 0.1) is 30.2 Å². The van der Waals surface area contributed by atoms with Gasteiger partial charge in [0.15, 0.2) is 5.71 Å². The largest absolute Gasteiger partial charge is 0.275 e. The first-order valence-electron chi connectivity index (χ1n) is 6.84. The van der Waals surface area contributed by atoms with Gasteiger partial charge in [0, 0.05) is 16.2 Å². The van der Waals surface area contributed by atoms with Crippen molar-refractivity contribution in [2.45, 2.75) is 0 Å². The van der Waals surface area contributed by atoms with Crippen LogP contribution in [0, 0.1) is 11.8 Å². The number of allylic oxidation sites excluding steroid dienone is 4. The Bertz CT molecular complexity index is 822. The van der Waals surface area contributed by atoms with Crippen LogP contribution in [0.3, 0.4) is 0 Å². The van der Waals surface area contributed by atoms with Gasteiger partial charge in [-0.3, -0.25) is 5.41 Å². The van der Waals surface area contributed by atoms with Crippen molar-refractivity contribution >= 4 is 17.0 Å². The Kier molecular flexibility index (Phi) is 3.77. The molecule has 2 aromatic rings. The Morgan fingerprint density at radius 3 is 2.41 bits per heavy atom. The van der Waals surface area contributed by atoms with E-state index in [1.807, 2.05) is 36.4 Å².